The molecular formula is C62H87F3O10. The zero-order valence-electron chi connectivity index (χ0n) is 45.4. The monoisotopic (exact) mass is 1050 g/mol. The molecule has 0 radical (unpaired) electrons. The average Bonchev–Trinajstić information content (AvgIpc) is 3.40. The highest BCUT2D eigenvalue weighted by atomic mass is 19.2. The number of rotatable bonds is 44. The van der Waals surface area contributed by atoms with Gasteiger partial charge in [-0.2, -0.15) is 8.78 Å². The largest absolute Gasteiger partial charge is 0.494 e. The van der Waals surface area contributed by atoms with Crippen LogP contribution in [-0.2, 0) is 19.1 Å². The molecule has 0 aliphatic rings. The van der Waals surface area contributed by atoms with Gasteiger partial charge in [0, 0.05) is 17.2 Å². The number of carbonyl (C=O) groups is 4. The lowest BCUT2D eigenvalue weighted by atomic mass is 10.0. The van der Waals surface area contributed by atoms with Crippen LogP contribution in [0.15, 0.2) is 78.9 Å². The van der Waals surface area contributed by atoms with E-state index in [9.17, 15) is 19.2 Å². The van der Waals surface area contributed by atoms with Crippen LogP contribution in [0.2, 0.25) is 0 Å². The molecule has 0 bridgehead atoms. The van der Waals surface area contributed by atoms with Crippen molar-refractivity contribution in [2.24, 2.45) is 0 Å². The molecule has 0 unspecified atom stereocenters. The summed E-state index contributed by atoms with van der Waals surface area (Å²) in [6, 6.07) is 12.3. The van der Waals surface area contributed by atoms with E-state index in [1.165, 1.54) is 153 Å². The van der Waals surface area contributed by atoms with Gasteiger partial charge in [-0.15, -0.1) is 0 Å². The Morgan fingerprint density at radius 1 is 0.387 bits per heavy atom. The summed E-state index contributed by atoms with van der Waals surface area (Å²) < 4.78 is 76.9. The van der Waals surface area contributed by atoms with Gasteiger partial charge in [-0.25, -0.2) is 23.6 Å². The van der Waals surface area contributed by atoms with Gasteiger partial charge in [0.1, 0.15) is 11.5 Å². The molecule has 0 fully saturated rings. The second-order valence-corrected chi connectivity index (χ2v) is 19.8. The maximum Gasteiger partial charge on any atom is 0.343 e. The molecule has 0 spiro atoms. The van der Waals surface area contributed by atoms with Crippen LogP contribution in [0.25, 0.3) is 0 Å². The Morgan fingerprint density at radius 2 is 0.667 bits per heavy atom. The SMILES string of the molecule is C=C(C)C(=O)OCCCCCCCCCCCCCCCCCOc1ccc(C(=O)Oc2cc(F)c(OC(=O)c3ccc(OCCCCCCCCCCCCCCCCCOC(=O)C(=C)C)cc3)c(F)c2F)cc1. The minimum atomic E-state index is -1.81. The van der Waals surface area contributed by atoms with Gasteiger partial charge in [-0.3, -0.25) is 0 Å². The van der Waals surface area contributed by atoms with E-state index < -0.39 is 40.9 Å². The molecule has 0 N–H and O–H groups in total. The molecule has 13 heteroatoms. The van der Waals surface area contributed by atoms with E-state index in [1.54, 1.807) is 38.1 Å². The van der Waals surface area contributed by atoms with Crippen molar-refractivity contribution in [3.05, 3.63) is 107 Å². The van der Waals surface area contributed by atoms with Crippen molar-refractivity contribution in [3.63, 3.8) is 0 Å². The van der Waals surface area contributed by atoms with Crippen molar-refractivity contribution in [1.82, 2.24) is 0 Å². The fourth-order valence-corrected chi connectivity index (χ4v) is 8.37. The first-order valence-electron chi connectivity index (χ1n) is 28.1. The molecule has 416 valence electrons. The number of unbranched alkanes of at least 4 members (excludes halogenated alkanes) is 28. The molecule has 0 amide bonds. The number of carbonyl (C=O) groups excluding carboxylic acids is 4. The third-order valence-electron chi connectivity index (χ3n) is 12.9. The van der Waals surface area contributed by atoms with E-state index in [-0.39, 0.29) is 23.1 Å². The van der Waals surface area contributed by atoms with Gasteiger partial charge in [0.2, 0.25) is 17.4 Å². The lowest BCUT2D eigenvalue weighted by molar-refractivity contribution is -0.139. The van der Waals surface area contributed by atoms with Gasteiger partial charge in [-0.05, 0) is 88.1 Å². The molecule has 3 aromatic rings. The lowest BCUT2D eigenvalue weighted by Gasteiger charge is -2.12. The summed E-state index contributed by atoms with van der Waals surface area (Å²) >= 11 is 0. The minimum absolute atomic E-state index is 0.0138. The fraction of sp³-hybridized carbons (Fsp3) is 0.581. The van der Waals surface area contributed by atoms with Crippen LogP contribution in [0.5, 0.6) is 23.0 Å². The van der Waals surface area contributed by atoms with Gasteiger partial charge < -0.3 is 28.4 Å². The van der Waals surface area contributed by atoms with Gasteiger partial charge >= 0.3 is 23.9 Å². The van der Waals surface area contributed by atoms with E-state index in [0.717, 1.165) is 64.2 Å². The third-order valence-corrected chi connectivity index (χ3v) is 12.9. The number of hydrogen-bond donors (Lipinski definition) is 0. The van der Waals surface area contributed by atoms with Gasteiger partial charge in [0.25, 0.3) is 0 Å². The first-order chi connectivity index (χ1) is 36.4. The maximum absolute atomic E-state index is 15.0. The van der Waals surface area contributed by atoms with Crippen LogP contribution >= 0.6 is 0 Å². The van der Waals surface area contributed by atoms with Gasteiger partial charge in [0.05, 0.1) is 37.6 Å². The molecule has 0 saturated carbocycles. The highest BCUT2D eigenvalue weighted by Crippen LogP contribution is 2.32. The smallest absolute Gasteiger partial charge is 0.343 e. The predicted molar refractivity (Wildman–Crippen MR) is 290 cm³/mol. The zero-order valence-corrected chi connectivity index (χ0v) is 45.4. The first-order valence-corrected chi connectivity index (χ1v) is 28.1. The molecule has 0 aliphatic carbocycles. The Hall–Kier alpha value is -5.59. The highest BCUT2D eigenvalue weighted by Gasteiger charge is 2.26. The highest BCUT2D eigenvalue weighted by molar-refractivity contribution is 5.92. The minimum Gasteiger partial charge on any atom is -0.494 e. The molecule has 10 nitrogen and oxygen atoms in total. The van der Waals surface area contributed by atoms with E-state index in [2.05, 4.69) is 13.2 Å². The summed E-state index contributed by atoms with van der Waals surface area (Å²) in [4.78, 5) is 48.3. The summed E-state index contributed by atoms with van der Waals surface area (Å²) in [5.74, 6) is -8.87. The molecule has 0 saturated heterocycles. The quantitative estimate of drug-likeness (QED) is 0.0178. The van der Waals surface area contributed by atoms with E-state index >= 15 is 13.2 Å². The molecule has 75 heavy (non-hydrogen) atoms. The van der Waals surface area contributed by atoms with Crippen LogP contribution in [0.3, 0.4) is 0 Å². The van der Waals surface area contributed by atoms with Crippen molar-refractivity contribution in [2.75, 3.05) is 26.4 Å². The topological polar surface area (TPSA) is 124 Å². The fourth-order valence-electron chi connectivity index (χ4n) is 8.37. The lowest BCUT2D eigenvalue weighted by Crippen LogP contribution is -2.14. The van der Waals surface area contributed by atoms with E-state index in [4.69, 9.17) is 28.4 Å². The molecule has 3 aromatic carbocycles. The second-order valence-electron chi connectivity index (χ2n) is 19.8. The van der Waals surface area contributed by atoms with Crippen molar-refractivity contribution in [1.29, 1.82) is 0 Å². The van der Waals surface area contributed by atoms with Crippen LogP contribution in [0.1, 0.15) is 227 Å². The third kappa shape index (κ3) is 28.8. The first kappa shape index (κ1) is 63.7. The Bertz CT molecular complexity index is 2120. The van der Waals surface area contributed by atoms with Crippen molar-refractivity contribution in [2.45, 2.75) is 206 Å². The van der Waals surface area contributed by atoms with E-state index in [0.29, 0.717) is 55.1 Å². The molecule has 0 heterocycles. The van der Waals surface area contributed by atoms with Crippen LogP contribution in [-0.4, -0.2) is 50.3 Å². The number of benzene rings is 3. The second kappa shape index (κ2) is 39.8. The number of ether oxygens (including phenoxy) is 6. The van der Waals surface area contributed by atoms with Crippen molar-refractivity contribution in [3.8, 4) is 23.0 Å². The van der Waals surface area contributed by atoms with Crippen molar-refractivity contribution < 1.29 is 60.8 Å². The van der Waals surface area contributed by atoms with Gasteiger partial charge in [-0.1, -0.05) is 180 Å². The Labute approximate surface area is 446 Å². The number of halogens is 3. The summed E-state index contributed by atoms with van der Waals surface area (Å²) in [6.45, 7) is 12.5. The summed E-state index contributed by atoms with van der Waals surface area (Å²) in [5.41, 5.74) is 0.876. The maximum atomic E-state index is 15.0. The van der Waals surface area contributed by atoms with Crippen LogP contribution in [0.4, 0.5) is 13.2 Å². The summed E-state index contributed by atoms with van der Waals surface area (Å²) in [6.07, 6.45) is 35.1. The Balaban J connectivity index is 1.19. The number of hydrogen-bond acceptors (Lipinski definition) is 10. The van der Waals surface area contributed by atoms with E-state index in [1.807, 2.05) is 0 Å². The zero-order chi connectivity index (χ0) is 54.3. The molecular weight excluding hydrogens is 962 g/mol. The molecule has 0 aromatic heterocycles. The van der Waals surface area contributed by atoms with Crippen molar-refractivity contribution >= 4 is 23.9 Å². The predicted octanol–water partition coefficient (Wildman–Crippen LogP) is 17.2. The molecule has 0 atom stereocenters. The van der Waals surface area contributed by atoms with Crippen LogP contribution < -0.4 is 18.9 Å². The van der Waals surface area contributed by atoms with Gasteiger partial charge in [0.15, 0.2) is 11.6 Å². The molecule has 3 rings (SSSR count). The Kier molecular flexibility index (Phi) is 33.8. The number of esters is 4. The normalized spacial score (nSPS) is 11.0. The summed E-state index contributed by atoms with van der Waals surface area (Å²) in [7, 11) is 0. The average molecular weight is 1050 g/mol. The standard InChI is InChI=1S/C62H87F3O10/c1-48(2)59(66)72-45-33-29-25-21-17-13-9-5-7-11-15-19-23-27-31-43-70-52-39-35-50(36-40-52)61(68)74-55-47-54(63)58(57(65)56(55)64)75-62(69)51-37-41-53(42-38-51)71-44-32-28-24-20-16-12-8-6-10-14-18-22-26-30-34-46-73-60(67)49(3)4/h35-42,47H,1,3,5-34,43-46H2,2,4H3. The summed E-state index contributed by atoms with van der Waals surface area (Å²) in [5, 5.41) is 0. The molecule has 0 aliphatic heterocycles. The Morgan fingerprint density at radius 3 is 0.973 bits per heavy atom. The van der Waals surface area contributed by atoms with Crippen LogP contribution in [0, 0.1) is 17.5 Å².